The van der Waals surface area contributed by atoms with E-state index in [0.717, 1.165) is 5.56 Å². The smallest absolute Gasteiger partial charge is 0.154 e. The molecular formula is C12H10ClN3. The fraction of sp³-hybridized carbons (Fsp3) is 0. The van der Waals surface area contributed by atoms with E-state index in [1.807, 2.05) is 30.3 Å². The van der Waals surface area contributed by atoms with Gasteiger partial charge in [0.05, 0.1) is 5.02 Å². The summed E-state index contributed by atoms with van der Waals surface area (Å²) in [6.45, 7) is 0. The zero-order chi connectivity index (χ0) is 11.4. The minimum atomic E-state index is 0.365. The van der Waals surface area contributed by atoms with Crippen LogP contribution in [0.15, 0.2) is 53.7 Å². The van der Waals surface area contributed by atoms with Crippen LogP contribution in [0.25, 0.3) is 0 Å². The summed E-state index contributed by atoms with van der Waals surface area (Å²) in [5.74, 6) is 0.934. The largest absolute Gasteiger partial charge is 0.383 e. The zero-order valence-corrected chi connectivity index (χ0v) is 9.22. The molecule has 0 amide bonds. The molecular weight excluding hydrogens is 222 g/mol. The summed E-state index contributed by atoms with van der Waals surface area (Å²) in [7, 11) is 0. The van der Waals surface area contributed by atoms with Gasteiger partial charge >= 0.3 is 0 Å². The first-order valence-corrected chi connectivity index (χ1v) is 5.15. The van der Waals surface area contributed by atoms with Crippen LogP contribution in [0.4, 0.5) is 5.82 Å². The minimum Gasteiger partial charge on any atom is -0.383 e. The van der Waals surface area contributed by atoms with Crippen molar-refractivity contribution in [1.82, 2.24) is 4.98 Å². The Morgan fingerprint density at radius 3 is 2.56 bits per heavy atom. The monoisotopic (exact) mass is 231 g/mol. The van der Waals surface area contributed by atoms with Crippen LogP contribution in [0.5, 0.6) is 0 Å². The summed E-state index contributed by atoms with van der Waals surface area (Å²) in [4.78, 5) is 8.25. The zero-order valence-electron chi connectivity index (χ0n) is 8.47. The van der Waals surface area contributed by atoms with Crippen LogP contribution in [0.2, 0.25) is 5.02 Å². The number of pyridine rings is 1. The standard InChI is InChI=1S/C12H10ClN3/c13-10-6-2-1-5-9(10)12(14)16-11-7-3-4-8-15-11/h1-8H,(H2,14,15,16). The van der Waals surface area contributed by atoms with Gasteiger partial charge < -0.3 is 5.73 Å². The molecule has 2 N–H and O–H groups in total. The second kappa shape index (κ2) is 4.77. The molecule has 0 saturated heterocycles. The Labute approximate surface area is 98.6 Å². The molecule has 1 aromatic heterocycles. The van der Waals surface area contributed by atoms with Crippen LogP contribution in [0.3, 0.4) is 0 Å². The number of nitrogens with two attached hydrogens (primary N) is 1. The van der Waals surface area contributed by atoms with E-state index in [2.05, 4.69) is 9.98 Å². The van der Waals surface area contributed by atoms with Gasteiger partial charge in [-0.25, -0.2) is 9.98 Å². The van der Waals surface area contributed by atoms with Crippen LogP contribution in [-0.2, 0) is 0 Å². The van der Waals surface area contributed by atoms with Crippen LogP contribution >= 0.6 is 11.6 Å². The molecule has 0 spiro atoms. The molecule has 0 aliphatic heterocycles. The molecule has 16 heavy (non-hydrogen) atoms. The van der Waals surface area contributed by atoms with Gasteiger partial charge in [-0.15, -0.1) is 0 Å². The van der Waals surface area contributed by atoms with Crippen LogP contribution in [-0.4, -0.2) is 10.8 Å². The van der Waals surface area contributed by atoms with E-state index in [-0.39, 0.29) is 0 Å². The van der Waals surface area contributed by atoms with E-state index in [1.165, 1.54) is 0 Å². The molecule has 80 valence electrons. The summed E-state index contributed by atoms with van der Waals surface area (Å²) < 4.78 is 0. The quantitative estimate of drug-likeness (QED) is 0.638. The number of hydrogen-bond acceptors (Lipinski definition) is 2. The molecule has 0 aliphatic carbocycles. The van der Waals surface area contributed by atoms with Crippen molar-refractivity contribution in [3.8, 4) is 0 Å². The number of aromatic nitrogens is 1. The van der Waals surface area contributed by atoms with Gasteiger partial charge in [-0.05, 0) is 24.3 Å². The fourth-order valence-corrected chi connectivity index (χ4v) is 1.50. The highest BCUT2D eigenvalue weighted by atomic mass is 35.5. The second-order valence-electron chi connectivity index (χ2n) is 3.16. The van der Waals surface area contributed by atoms with Crippen LogP contribution < -0.4 is 5.73 Å². The van der Waals surface area contributed by atoms with Crippen molar-refractivity contribution >= 4 is 23.3 Å². The second-order valence-corrected chi connectivity index (χ2v) is 3.57. The predicted molar refractivity (Wildman–Crippen MR) is 66.1 cm³/mol. The first kappa shape index (κ1) is 10.6. The molecule has 1 aromatic carbocycles. The van der Waals surface area contributed by atoms with E-state index in [0.29, 0.717) is 16.7 Å². The highest BCUT2D eigenvalue weighted by molar-refractivity contribution is 6.34. The van der Waals surface area contributed by atoms with Gasteiger partial charge in [-0.1, -0.05) is 29.8 Å². The first-order valence-electron chi connectivity index (χ1n) is 4.77. The van der Waals surface area contributed by atoms with Gasteiger partial charge in [0.1, 0.15) is 5.84 Å². The Morgan fingerprint density at radius 1 is 1.12 bits per heavy atom. The summed E-state index contributed by atoms with van der Waals surface area (Å²) in [5.41, 5.74) is 6.57. The van der Waals surface area contributed by atoms with E-state index in [1.54, 1.807) is 18.3 Å². The average molecular weight is 232 g/mol. The van der Waals surface area contributed by atoms with E-state index < -0.39 is 0 Å². The van der Waals surface area contributed by atoms with E-state index in [9.17, 15) is 0 Å². The Kier molecular flexibility index (Phi) is 3.17. The molecule has 2 aromatic rings. The molecule has 0 atom stereocenters. The number of aliphatic imine (C=N–C) groups is 1. The third-order valence-corrected chi connectivity index (χ3v) is 2.36. The summed E-state index contributed by atoms with van der Waals surface area (Å²) in [5, 5.41) is 0.583. The normalized spacial score (nSPS) is 11.4. The number of benzene rings is 1. The molecule has 0 saturated carbocycles. The summed E-state index contributed by atoms with van der Waals surface area (Å²) >= 11 is 6.00. The molecule has 3 nitrogen and oxygen atoms in total. The SMILES string of the molecule is N/C(=N\c1ccccn1)c1ccccc1Cl. The lowest BCUT2D eigenvalue weighted by Gasteiger charge is -2.02. The van der Waals surface area contributed by atoms with Gasteiger partial charge in [-0.2, -0.15) is 0 Å². The van der Waals surface area contributed by atoms with Crippen molar-refractivity contribution in [2.45, 2.75) is 0 Å². The lowest BCUT2D eigenvalue weighted by Crippen LogP contribution is -2.13. The van der Waals surface area contributed by atoms with Gasteiger partial charge in [0.2, 0.25) is 0 Å². The van der Waals surface area contributed by atoms with Crippen molar-refractivity contribution in [3.05, 3.63) is 59.2 Å². The van der Waals surface area contributed by atoms with Crippen molar-refractivity contribution in [2.75, 3.05) is 0 Å². The Hall–Kier alpha value is -1.87. The van der Waals surface area contributed by atoms with Crippen molar-refractivity contribution in [3.63, 3.8) is 0 Å². The molecule has 4 heteroatoms. The topological polar surface area (TPSA) is 51.3 Å². The van der Waals surface area contributed by atoms with Crippen molar-refractivity contribution < 1.29 is 0 Å². The molecule has 0 bridgehead atoms. The Balaban J connectivity index is 2.36. The molecule has 1 heterocycles. The lowest BCUT2D eigenvalue weighted by atomic mass is 10.2. The Bertz CT molecular complexity index is 509. The van der Waals surface area contributed by atoms with Gasteiger partial charge in [0.25, 0.3) is 0 Å². The number of halogens is 1. The maximum atomic E-state index is 6.00. The summed E-state index contributed by atoms with van der Waals surface area (Å²) in [6, 6.07) is 12.8. The van der Waals surface area contributed by atoms with Crippen LogP contribution in [0.1, 0.15) is 5.56 Å². The summed E-state index contributed by atoms with van der Waals surface area (Å²) in [6.07, 6.45) is 1.67. The Morgan fingerprint density at radius 2 is 1.88 bits per heavy atom. The average Bonchev–Trinajstić information content (AvgIpc) is 2.31. The predicted octanol–water partition coefficient (Wildman–Crippen LogP) is 2.77. The van der Waals surface area contributed by atoms with Gasteiger partial charge in [-0.3, -0.25) is 0 Å². The van der Waals surface area contributed by atoms with E-state index in [4.69, 9.17) is 17.3 Å². The maximum Gasteiger partial charge on any atom is 0.154 e. The van der Waals surface area contributed by atoms with Gasteiger partial charge in [0, 0.05) is 11.8 Å². The third kappa shape index (κ3) is 2.38. The van der Waals surface area contributed by atoms with Crippen molar-refractivity contribution in [1.29, 1.82) is 0 Å². The number of amidine groups is 1. The third-order valence-electron chi connectivity index (χ3n) is 2.03. The number of nitrogens with zero attached hydrogens (tertiary/aromatic N) is 2. The highest BCUT2D eigenvalue weighted by Gasteiger charge is 2.03. The first-order chi connectivity index (χ1) is 7.77. The highest BCUT2D eigenvalue weighted by Crippen LogP contribution is 2.16. The fourth-order valence-electron chi connectivity index (χ4n) is 1.27. The molecule has 0 unspecified atom stereocenters. The molecule has 0 fully saturated rings. The number of hydrogen-bond donors (Lipinski definition) is 1. The molecule has 0 aliphatic rings. The lowest BCUT2D eigenvalue weighted by molar-refractivity contribution is 1.26. The van der Waals surface area contributed by atoms with Gasteiger partial charge in [0.15, 0.2) is 5.82 Å². The van der Waals surface area contributed by atoms with Crippen LogP contribution in [0, 0.1) is 0 Å². The van der Waals surface area contributed by atoms with E-state index >= 15 is 0 Å². The minimum absolute atomic E-state index is 0.365. The molecule has 0 radical (unpaired) electrons. The molecule has 2 rings (SSSR count). The number of rotatable bonds is 2. The maximum absolute atomic E-state index is 6.00. The van der Waals surface area contributed by atoms with Crippen molar-refractivity contribution in [2.24, 2.45) is 10.7 Å².